The molecule has 2 saturated heterocycles. The van der Waals surface area contributed by atoms with Gasteiger partial charge in [0.1, 0.15) is 11.6 Å². The van der Waals surface area contributed by atoms with E-state index in [0.29, 0.717) is 79.9 Å². The van der Waals surface area contributed by atoms with Gasteiger partial charge in [0.2, 0.25) is 5.82 Å². The fourth-order valence-corrected chi connectivity index (χ4v) is 7.88. The highest BCUT2D eigenvalue weighted by molar-refractivity contribution is 9.10. The molecule has 0 saturated carbocycles. The molecule has 16 nitrogen and oxygen atoms in total. The highest BCUT2D eigenvalue weighted by Gasteiger charge is 2.23. The Bertz CT molecular complexity index is 1710. The Hall–Kier alpha value is -3.39. The molecule has 5 rings (SSSR count). The third kappa shape index (κ3) is 10.1. The summed E-state index contributed by atoms with van der Waals surface area (Å²) in [5.41, 5.74) is 8.21. The number of rotatable bonds is 10. The van der Waals surface area contributed by atoms with Crippen LogP contribution in [0.3, 0.4) is 0 Å². The molecule has 0 bridgehead atoms. The predicted octanol–water partition coefficient (Wildman–Crippen LogP) is 1.97. The van der Waals surface area contributed by atoms with Gasteiger partial charge in [-0.1, -0.05) is 5.16 Å². The van der Waals surface area contributed by atoms with Crippen molar-refractivity contribution in [3.8, 4) is 11.1 Å². The van der Waals surface area contributed by atoms with Crippen molar-refractivity contribution < 1.29 is 26.3 Å². The van der Waals surface area contributed by atoms with Crippen LogP contribution in [0.25, 0.3) is 11.1 Å². The van der Waals surface area contributed by atoms with Gasteiger partial charge in [-0.3, -0.25) is 19.9 Å². The molecule has 46 heavy (non-hydrogen) atoms. The number of nitrogens with one attached hydrogen (secondary N) is 2. The van der Waals surface area contributed by atoms with Crippen molar-refractivity contribution >= 4 is 58.6 Å². The summed E-state index contributed by atoms with van der Waals surface area (Å²) < 4.78 is 51.4. The standard InChI is InChI=1S/C16H21N5O5S.C11H17BrN4O2S/c1-11-15(12(2)26-19-11)13-9-14(21(22)23)16(18-10-13)17-3-4-20-5-7-27(24,25)8-6-20;12-9-7-10(13)11(15-8-9)14-1-2-16-3-5-19(17,18)6-4-16/h9-10H,3-8H2,1-2H3,(H,17,18);7-8H,1-6,13H2,(H,14,15). The minimum atomic E-state index is -2.92. The predicted molar refractivity (Wildman–Crippen MR) is 179 cm³/mol. The van der Waals surface area contributed by atoms with Crippen molar-refractivity contribution in [2.24, 2.45) is 0 Å². The smallest absolute Gasteiger partial charge is 0.311 e. The minimum absolute atomic E-state index is 0.131. The lowest BCUT2D eigenvalue weighted by molar-refractivity contribution is -0.384. The van der Waals surface area contributed by atoms with Gasteiger partial charge < -0.3 is 20.9 Å². The number of halogens is 1. The third-order valence-electron chi connectivity index (χ3n) is 7.59. The molecule has 3 aromatic heterocycles. The number of aromatic nitrogens is 3. The fourth-order valence-electron chi connectivity index (χ4n) is 4.98. The molecule has 2 aliphatic heterocycles. The molecule has 2 fully saturated rings. The van der Waals surface area contributed by atoms with Crippen LogP contribution in [0.1, 0.15) is 11.5 Å². The van der Waals surface area contributed by atoms with Crippen molar-refractivity contribution in [2.75, 3.05) is 91.7 Å². The fraction of sp³-hybridized carbons (Fsp3) is 0.519. The van der Waals surface area contributed by atoms with Gasteiger partial charge in [0.15, 0.2) is 19.7 Å². The van der Waals surface area contributed by atoms with Gasteiger partial charge in [-0.25, -0.2) is 26.8 Å². The van der Waals surface area contributed by atoms with E-state index >= 15 is 0 Å². The van der Waals surface area contributed by atoms with Crippen molar-refractivity contribution in [3.63, 3.8) is 0 Å². The molecule has 5 heterocycles. The molecule has 0 radical (unpaired) electrons. The second-order valence-electron chi connectivity index (χ2n) is 11.0. The van der Waals surface area contributed by atoms with Crippen molar-refractivity contribution in [3.05, 3.63) is 50.6 Å². The molecular weight excluding hydrogens is 706 g/mol. The van der Waals surface area contributed by atoms with Crippen LogP contribution in [0.15, 0.2) is 33.5 Å². The highest BCUT2D eigenvalue weighted by atomic mass is 79.9. The molecule has 252 valence electrons. The number of hydrogen-bond donors (Lipinski definition) is 3. The highest BCUT2D eigenvalue weighted by Crippen LogP contribution is 2.32. The minimum Gasteiger partial charge on any atom is -0.396 e. The molecule has 0 amide bonds. The maximum atomic E-state index is 11.5. The quantitative estimate of drug-likeness (QED) is 0.200. The van der Waals surface area contributed by atoms with Crippen LogP contribution in [0.5, 0.6) is 0 Å². The van der Waals surface area contributed by atoms with Gasteiger partial charge in [0.25, 0.3) is 0 Å². The van der Waals surface area contributed by atoms with Crippen molar-refractivity contribution in [2.45, 2.75) is 13.8 Å². The maximum Gasteiger partial charge on any atom is 0.311 e. The summed E-state index contributed by atoms with van der Waals surface area (Å²) in [6.07, 6.45) is 3.24. The van der Waals surface area contributed by atoms with E-state index in [4.69, 9.17) is 10.3 Å². The number of nitrogen functional groups attached to an aromatic ring is 1. The average Bonchev–Trinajstić information content (AvgIpc) is 3.33. The molecule has 4 N–H and O–H groups in total. The van der Waals surface area contributed by atoms with Gasteiger partial charge in [-0.2, -0.15) is 0 Å². The lowest BCUT2D eigenvalue weighted by Gasteiger charge is -2.26. The first-order valence-electron chi connectivity index (χ1n) is 14.5. The monoisotopic (exact) mass is 743 g/mol. The van der Waals surface area contributed by atoms with E-state index in [2.05, 4.69) is 46.6 Å². The third-order valence-corrected chi connectivity index (χ3v) is 11.2. The van der Waals surface area contributed by atoms with Crippen LogP contribution < -0.4 is 16.4 Å². The molecule has 2 aliphatic rings. The molecule has 19 heteroatoms. The van der Waals surface area contributed by atoms with E-state index in [9.17, 15) is 26.9 Å². The number of nitrogens with zero attached hydrogens (tertiary/aromatic N) is 6. The van der Waals surface area contributed by atoms with E-state index in [1.807, 2.05) is 4.90 Å². The average molecular weight is 745 g/mol. The summed E-state index contributed by atoms with van der Waals surface area (Å²) in [5.74, 6) is 2.23. The second-order valence-corrected chi connectivity index (χ2v) is 16.5. The van der Waals surface area contributed by atoms with Crippen molar-refractivity contribution in [1.29, 1.82) is 0 Å². The summed E-state index contributed by atoms with van der Waals surface area (Å²) in [4.78, 5) is 23.5. The van der Waals surface area contributed by atoms with Gasteiger partial charge in [0.05, 0.1) is 39.3 Å². The van der Waals surface area contributed by atoms with Gasteiger partial charge in [-0.05, 0) is 35.8 Å². The van der Waals surface area contributed by atoms with Crippen LogP contribution in [0, 0.1) is 24.0 Å². The molecular formula is C27H38BrN9O7S2. The molecule has 0 unspecified atom stereocenters. The Labute approximate surface area is 276 Å². The number of hydrogen-bond acceptors (Lipinski definition) is 15. The number of sulfone groups is 2. The number of pyridine rings is 2. The van der Waals surface area contributed by atoms with Crippen LogP contribution in [-0.2, 0) is 19.7 Å². The van der Waals surface area contributed by atoms with Crippen LogP contribution >= 0.6 is 15.9 Å². The normalized spacial score (nSPS) is 17.9. The van der Waals surface area contributed by atoms with Crippen LogP contribution in [0.4, 0.5) is 23.0 Å². The Morgan fingerprint density at radius 1 is 0.913 bits per heavy atom. The Morgan fingerprint density at radius 3 is 1.91 bits per heavy atom. The maximum absolute atomic E-state index is 11.5. The Kier molecular flexibility index (Phi) is 11.9. The zero-order valence-electron chi connectivity index (χ0n) is 25.6. The van der Waals surface area contributed by atoms with E-state index in [1.54, 1.807) is 32.3 Å². The first-order chi connectivity index (χ1) is 21.7. The topological polar surface area (TPSA) is 220 Å². The van der Waals surface area contributed by atoms with Crippen LogP contribution in [0.2, 0.25) is 0 Å². The van der Waals surface area contributed by atoms with Crippen molar-refractivity contribution in [1.82, 2.24) is 24.9 Å². The molecule has 0 aromatic carbocycles. The summed E-state index contributed by atoms with van der Waals surface area (Å²) in [7, 11) is -5.72. The summed E-state index contributed by atoms with van der Waals surface area (Å²) in [6.45, 7) is 8.16. The second kappa shape index (κ2) is 15.5. The lowest BCUT2D eigenvalue weighted by atomic mass is 10.1. The largest absolute Gasteiger partial charge is 0.396 e. The van der Waals surface area contributed by atoms with Gasteiger partial charge in [-0.15, -0.1) is 0 Å². The zero-order valence-corrected chi connectivity index (χ0v) is 28.8. The van der Waals surface area contributed by atoms with E-state index in [-0.39, 0.29) is 34.5 Å². The first-order valence-corrected chi connectivity index (χ1v) is 19.0. The zero-order chi connectivity index (χ0) is 33.5. The Balaban J connectivity index is 0.000000222. The summed E-state index contributed by atoms with van der Waals surface area (Å²) >= 11 is 3.30. The number of anilines is 3. The van der Waals surface area contributed by atoms with Gasteiger partial charge >= 0.3 is 5.69 Å². The Morgan fingerprint density at radius 2 is 1.43 bits per heavy atom. The molecule has 0 spiro atoms. The first kappa shape index (κ1) is 35.5. The van der Waals surface area contributed by atoms with Gasteiger partial charge in [0, 0.05) is 86.4 Å². The van der Waals surface area contributed by atoms with Crippen LogP contribution in [-0.4, -0.2) is 122 Å². The number of aryl methyl sites for hydroxylation is 2. The lowest BCUT2D eigenvalue weighted by Crippen LogP contribution is -2.42. The summed E-state index contributed by atoms with van der Waals surface area (Å²) in [5, 5.41) is 21.5. The summed E-state index contributed by atoms with van der Waals surface area (Å²) in [6, 6.07) is 3.25. The SMILES string of the molecule is Cc1noc(C)c1-c1cnc(NCCN2CCS(=O)(=O)CC2)c([N+](=O)[O-])c1.Nc1cc(Br)cnc1NCCN1CCS(=O)(=O)CC1. The molecule has 3 aromatic rings. The molecule has 0 aliphatic carbocycles. The van der Waals surface area contributed by atoms with E-state index < -0.39 is 24.6 Å². The number of nitro groups is 1. The van der Waals surface area contributed by atoms with E-state index in [1.165, 1.54) is 6.07 Å². The van der Waals surface area contributed by atoms with E-state index in [0.717, 1.165) is 11.0 Å². The number of nitrogens with two attached hydrogens (primary N) is 1. The molecule has 0 atom stereocenters.